The molecule has 7 nitrogen and oxygen atoms in total. The van der Waals surface area contributed by atoms with E-state index in [1.807, 2.05) is 0 Å². The van der Waals surface area contributed by atoms with Crippen LogP contribution in [-0.4, -0.2) is 12.0 Å². The summed E-state index contributed by atoms with van der Waals surface area (Å²) < 4.78 is 5.17. The van der Waals surface area contributed by atoms with E-state index in [9.17, 15) is 10.1 Å². The van der Waals surface area contributed by atoms with Crippen molar-refractivity contribution in [3.05, 3.63) is 52.1 Å². The predicted octanol–water partition coefficient (Wildman–Crippen LogP) is 3.91. The standard InChI is InChI=1S/C14H14N4O3/c1-9-7-11(4-6-13(9)18(19)20)16-17-12-5-3-10(15)8-14(12)21-2/h3-8H,15H2,1-2H3/b17-16+. The zero-order valence-corrected chi connectivity index (χ0v) is 11.6. The van der Waals surface area contributed by atoms with Gasteiger partial charge >= 0.3 is 0 Å². The number of aryl methyl sites for hydroxylation is 1. The molecule has 0 aliphatic rings. The van der Waals surface area contributed by atoms with Crippen molar-refractivity contribution in [1.29, 1.82) is 0 Å². The molecule has 0 fully saturated rings. The molecule has 2 rings (SSSR count). The molecular formula is C14H14N4O3. The van der Waals surface area contributed by atoms with Crippen LogP contribution in [0.25, 0.3) is 0 Å². The minimum Gasteiger partial charge on any atom is -0.494 e. The molecule has 21 heavy (non-hydrogen) atoms. The first-order valence-electron chi connectivity index (χ1n) is 6.11. The molecule has 108 valence electrons. The molecule has 0 aliphatic carbocycles. The normalized spacial score (nSPS) is 10.8. The smallest absolute Gasteiger partial charge is 0.272 e. The van der Waals surface area contributed by atoms with Crippen molar-refractivity contribution < 1.29 is 9.66 Å². The molecule has 0 saturated heterocycles. The minimum atomic E-state index is -0.431. The molecule has 0 aliphatic heterocycles. The lowest BCUT2D eigenvalue weighted by atomic mass is 10.2. The molecule has 0 heterocycles. The number of anilines is 1. The van der Waals surface area contributed by atoms with Gasteiger partial charge in [0.2, 0.25) is 0 Å². The molecule has 0 aromatic heterocycles. The number of benzene rings is 2. The van der Waals surface area contributed by atoms with Crippen LogP contribution in [0.1, 0.15) is 5.56 Å². The van der Waals surface area contributed by atoms with Crippen LogP contribution in [-0.2, 0) is 0 Å². The van der Waals surface area contributed by atoms with Crippen LogP contribution >= 0.6 is 0 Å². The van der Waals surface area contributed by atoms with E-state index in [4.69, 9.17) is 10.5 Å². The lowest BCUT2D eigenvalue weighted by Crippen LogP contribution is -1.90. The third-order valence-electron chi connectivity index (χ3n) is 2.85. The number of methoxy groups -OCH3 is 1. The number of hydrogen-bond acceptors (Lipinski definition) is 6. The Hall–Kier alpha value is -2.96. The fourth-order valence-corrected chi connectivity index (χ4v) is 1.80. The summed E-state index contributed by atoms with van der Waals surface area (Å²) in [7, 11) is 1.52. The number of azo groups is 1. The summed E-state index contributed by atoms with van der Waals surface area (Å²) in [5.41, 5.74) is 7.86. The van der Waals surface area contributed by atoms with Gasteiger partial charge in [0.15, 0.2) is 0 Å². The molecule has 2 aromatic carbocycles. The quantitative estimate of drug-likeness (QED) is 0.398. The number of nitro groups is 1. The van der Waals surface area contributed by atoms with Gasteiger partial charge in [0, 0.05) is 23.4 Å². The number of hydrogen-bond donors (Lipinski definition) is 1. The van der Waals surface area contributed by atoms with Gasteiger partial charge in [-0.05, 0) is 31.2 Å². The van der Waals surface area contributed by atoms with Gasteiger partial charge in [-0.1, -0.05) is 0 Å². The molecule has 2 N–H and O–H groups in total. The highest BCUT2D eigenvalue weighted by Crippen LogP contribution is 2.31. The summed E-state index contributed by atoms with van der Waals surface area (Å²) >= 11 is 0. The molecule has 0 spiro atoms. The first-order chi connectivity index (χ1) is 10.0. The van der Waals surface area contributed by atoms with Crippen molar-refractivity contribution in [3.8, 4) is 5.75 Å². The van der Waals surface area contributed by atoms with Gasteiger partial charge in [-0.2, -0.15) is 5.11 Å². The molecular weight excluding hydrogens is 272 g/mol. The first kappa shape index (κ1) is 14.4. The van der Waals surface area contributed by atoms with E-state index in [1.54, 1.807) is 37.3 Å². The van der Waals surface area contributed by atoms with Gasteiger partial charge in [-0.3, -0.25) is 10.1 Å². The van der Waals surface area contributed by atoms with Crippen molar-refractivity contribution in [3.63, 3.8) is 0 Å². The highest BCUT2D eigenvalue weighted by Gasteiger charge is 2.10. The molecule has 2 aromatic rings. The van der Waals surface area contributed by atoms with E-state index in [2.05, 4.69) is 10.2 Å². The van der Waals surface area contributed by atoms with Crippen LogP contribution in [0.4, 0.5) is 22.7 Å². The van der Waals surface area contributed by atoms with E-state index in [1.165, 1.54) is 13.2 Å². The van der Waals surface area contributed by atoms with E-state index in [-0.39, 0.29) is 5.69 Å². The van der Waals surface area contributed by atoms with Gasteiger partial charge in [0.25, 0.3) is 5.69 Å². The minimum absolute atomic E-state index is 0.0546. The predicted molar refractivity (Wildman–Crippen MR) is 79.4 cm³/mol. The van der Waals surface area contributed by atoms with E-state index < -0.39 is 4.92 Å². The number of rotatable bonds is 4. The summed E-state index contributed by atoms with van der Waals surface area (Å²) in [6, 6.07) is 9.58. The third-order valence-corrected chi connectivity index (χ3v) is 2.85. The van der Waals surface area contributed by atoms with Crippen molar-refractivity contribution in [2.45, 2.75) is 6.92 Å². The molecule has 0 saturated carbocycles. The average molecular weight is 286 g/mol. The number of nitrogens with two attached hydrogens (primary N) is 1. The summed E-state index contributed by atoms with van der Waals surface area (Å²) in [5.74, 6) is 0.511. The second kappa shape index (κ2) is 6.00. The maximum absolute atomic E-state index is 10.8. The molecule has 7 heteroatoms. The summed E-state index contributed by atoms with van der Waals surface area (Å²) in [5, 5.41) is 18.9. The SMILES string of the molecule is COc1cc(N)ccc1/N=N/c1ccc([N+](=O)[O-])c(C)c1. The van der Waals surface area contributed by atoms with Crippen LogP contribution in [0.3, 0.4) is 0 Å². The van der Waals surface area contributed by atoms with E-state index in [0.29, 0.717) is 28.4 Å². The highest BCUT2D eigenvalue weighted by molar-refractivity contribution is 5.59. The van der Waals surface area contributed by atoms with Crippen LogP contribution in [0.5, 0.6) is 5.75 Å². The van der Waals surface area contributed by atoms with Crippen LogP contribution in [0, 0.1) is 17.0 Å². The zero-order chi connectivity index (χ0) is 15.4. The number of nitro benzene ring substituents is 1. The van der Waals surface area contributed by atoms with Gasteiger partial charge in [0.05, 0.1) is 17.7 Å². The largest absolute Gasteiger partial charge is 0.494 e. The summed E-state index contributed by atoms with van der Waals surface area (Å²) in [6.45, 7) is 1.65. The fraction of sp³-hybridized carbons (Fsp3) is 0.143. The molecule has 0 bridgehead atoms. The fourth-order valence-electron chi connectivity index (χ4n) is 1.80. The first-order valence-corrected chi connectivity index (χ1v) is 6.11. The second-order valence-corrected chi connectivity index (χ2v) is 4.36. The maximum Gasteiger partial charge on any atom is 0.272 e. The highest BCUT2D eigenvalue weighted by atomic mass is 16.6. The van der Waals surface area contributed by atoms with Gasteiger partial charge < -0.3 is 10.5 Å². The van der Waals surface area contributed by atoms with Crippen LogP contribution in [0.15, 0.2) is 46.6 Å². The average Bonchev–Trinajstić information content (AvgIpc) is 2.45. The van der Waals surface area contributed by atoms with Crippen molar-refractivity contribution in [2.75, 3.05) is 12.8 Å². The Bertz CT molecular complexity index is 713. The Morgan fingerprint density at radius 3 is 2.57 bits per heavy atom. The van der Waals surface area contributed by atoms with E-state index in [0.717, 1.165) is 0 Å². The van der Waals surface area contributed by atoms with Gasteiger partial charge in [-0.25, -0.2) is 0 Å². The molecule has 0 atom stereocenters. The summed E-state index contributed by atoms with van der Waals surface area (Å²) in [6.07, 6.45) is 0. The molecule has 0 radical (unpaired) electrons. The van der Waals surface area contributed by atoms with E-state index >= 15 is 0 Å². The number of nitrogens with zero attached hydrogens (tertiary/aromatic N) is 3. The lowest BCUT2D eigenvalue weighted by Gasteiger charge is -2.04. The zero-order valence-electron chi connectivity index (χ0n) is 11.6. The Kier molecular flexibility index (Phi) is 4.13. The van der Waals surface area contributed by atoms with Crippen LogP contribution < -0.4 is 10.5 Å². The van der Waals surface area contributed by atoms with Gasteiger partial charge in [-0.15, -0.1) is 5.11 Å². The summed E-state index contributed by atoms with van der Waals surface area (Å²) in [4.78, 5) is 10.3. The number of ether oxygens (including phenoxy) is 1. The third kappa shape index (κ3) is 3.33. The van der Waals surface area contributed by atoms with Crippen molar-refractivity contribution in [1.82, 2.24) is 0 Å². The Labute approximate surface area is 121 Å². The topological polar surface area (TPSA) is 103 Å². The van der Waals surface area contributed by atoms with Crippen LogP contribution in [0.2, 0.25) is 0 Å². The Morgan fingerprint density at radius 1 is 1.19 bits per heavy atom. The molecule has 0 unspecified atom stereocenters. The Morgan fingerprint density at radius 2 is 1.95 bits per heavy atom. The van der Waals surface area contributed by atoms with Gasteiger partial charge in [0.1, 0.15) is 11.4 Å². The Balaban J connectivity index is 2.29. The second-order valence-electron chi connectivity index (χ2n) is 4.36. The maximum atomic E-state index is 10.8. The monoisotopic (exact) mass is 286 g/mol. The molecule has 0 amide bonds. The van der Waals surface area contributed by atoms with Crippen molar-refractivity contribution in [2.24, 2.45) is 10.2 Å². The number of nitrogen functional groups attached to an aromatic ring is 1. The van der Waals surface area contributed by atoms with Crippen molar-refractivity contribution >= 4 is 22.7 Å². The lowest BCUT2D eigenvalue weighted by molar-refractivity contribution is -0.385.